The van der Waals surface area contributed by atoms with E-state index >= 15 is 0 Å². The molecule has 3 rings (SSSR count). The summed E-state index contributed by atoms with van der Waals surface area (Å²) in [5.74, 6) is 1.54. The number of β-amino-alcohol motifs (C(OH)–C–C–N with tert-alkyl or cyclic N) is 1. The average Bonchev–Trinajstić information content (AvgIpc) is 2.60. The van der Waals surface area contributed by atoms with Crippen LogP contribution in [0.5, 0.6) is 11.5 Å². The fourth-order valence-electron chi connectivity index (χ4n) is 2.93. The number of nitrogens with zero attached hydrogens (tertiary/aromatic N) is 1. The molecule has 1 unspecified atom stereocenters. The summed E-state index contributed by atoms with van der Waals surface area (Å²) in [6, 6.07) is 15.9. The molecule has 130 valence electrons. The number of hydrogen-bond donors (Lipinski definition) is 1. The summed E-state index contributed by atoms with van der Waals surface area (Å²) < 4.78 is 10.8. The number of fused-ring (bicyclic) bond motifs is 1. The molecule has 2 aromatic rings. The van der Waals surface area contributed by atoms with E-state index in [0.717, 1.165) is 31.0 Å². The van der Waals surface area contributed by atoms with E-state index in [1.807, 2.05) is 24.3 Å². The highest BCUT2D eigenvalue weighted by atomic mass is 35.5. The molecule has 0 aliphatic carbocycles. The number of methoxy groups -OCH3 is 1. The molecular weight excluding hydrogens is 326 g/mol. The Morgan fingerprint density at radius 2 is 1.71 bits per heavy atom. The van der Waals surface area contributed by atoms with Gasteiger partial charge in [-0.05, 0) is 41.8 Å². The van der Waals surface area contributed by atoms with Crippen molar-refractivity contribution in [3.05, 3.63) is 59.7 Å². The molecule has 1 N–H and O–H groups in total. The molecule has 0 amide bonds. The summed E-state index contributed by atoms with van der Waals surface area (Å²) in [5, 5.41) is 10.2. The lowest BCUT2D eigenvalue weighted by Gasteiger charge is -2.30. The zero-order chi connectivity index (χ0) is 16.1. The van der Waals surface area contributed by atoms with Crippen molar-refractivity contribution >= 4 is 0 Å². The van der Waals surface area contributed by atoms with Crippen LogP contribution in [0.4, 0.5) is 0 Å². The predicted octanol–water partition coefficient (Wildman–Crippen LogP) is -0.503. The van der Waals surface area contributed by atoms with Crippen LogP contribution in [-0.2, 0) is 13.0 Å². The van der Waals surface area contributed by atoms with Gasteiger partial charge < -0.3 is 27.0 Å². The molecule has 0 fully saturated rings. The zero-order valence-electron chi connectivity index (χ0n) is 13.8. The number of benzene rings is 2. The van der Waals surface area contributed by atoms with Crippen molar-refractivity contribution in [3.8, 4) is 11.5 Å². The first-order valence-corrected chi connectivity index (χ1v) is 7.98. The van der Waals surface area contributed by atoms with Gasteiger partial charge in [-0.15, -0.1) is 0 Å². The lowest BCUT2D eigenvalue weighted by Crippen LogP contribution is -3.00. The van der Waals surface area contributed by atoms with E-state index in [-0.39, 0.29) is 12.4 Å². The highest BCUT2D eigenvalue weighted by Crippen LogP contribution is 2.19. The van der Waals surface area contributed by atoms with Crippen LogP contribution in [-0.4, -0.2) is 42.9 Å². The summed E-state index contributed by atoms with van der Waals surface area (Å²) >= 11 is 0. The van der Waals surface area contributed by atoms with Crippen LogP contribution in [0.15, 0.2) is 48.5 Å². The van der Waals surface area contributed by atoms with E-state index in [2.05, 4.69) is 29.2 Å². The Morgan fingerprint density at radius 1 is 1.04 bits per heavy atom. The number of ether oxygens (including phenoxy) is 2. The first kappa shape index (κ1) is 18.6. The Kier molecular flexibility index (Phi) is 6.91. The smallest absolute Gasteiger partial charge is 0.119 e. The minimum Gasteiger partial charge on any atom is -1.00 e. The van der Waals surface area contributed by atoms with E-state index in [9.17, 15) is 5.11 Å². The predicted molar refractivity (Wildman–Crippen MR) is 89.9 cm³/mol. The standard InChI is InChI=1S/C19H23NO3.ClH/c1-22-18-6-8-19(9-7-18)23-14-17(21)13-20-11-10-15-4-2-3-5-16(15)12-20;/h2-9,17,21H,10-14H2,1H3;1H/p-1. The zero-order valence-corrected chi connectivity index (χ0v) is 14.6. The molecule has 4 nitrogen and oxygen atoms in total. The second kappa shape index (κ2) is 8.92. The second-order valence-electron chi connectivity index (χ2n) is 5.89. The molecular formula is C19H23ClNO3-. The van der Waals surface area contributed by atoms with Gasteiger partial charge in [0, 0.05) is 19.6 Å². The Morgan fingerprint density at radius 3 is 2.42 bits per heavy atom. The quantitative estimate of drug-likeness (QED) is 0.764. The summed E-state index contributed by atoms with van der Waals surface area (Å²) in [7, 11) is 1.64. The summed E-state index contributed by atoms with van der Waals surface area (Å²) in [5.41, 5.74) is 2.79. The number of hydrogen-bond acceptors (Lipinski definition) is 4. The van der Waals surface area contributed by atoms with Gasteiger partial charge in [0.1, 0.15) is 24.2 Å². The van der Waals surface area contributed by atoms with E-state index in [4.69, 9.17) is 9.47 Å². The maximum Gasteiger partial charge on any atom is 0.119 e. The number of rotatable bonds is 6. The highest BCUT2D eigenvalue weighted by molar-refractivity contribution is 5.31. The molecule has 0 spiro atoms. The summed E-state index contributed by atoms with van der Waals surface area (Å²) in [6.07, 6.45) is 0.546. The summed E-state index contributed by atoms with van der Waals surface area (Å²) in [6.45, 7) is 2.81. The number of halogens is 1. The van der Waals surface area contributed by atoms with Crippen molar-refractivity contribution < 1.29 is 27.0 Å². The van der Waals surface area contributed by atoms with Crippen LogP contribution in [0.1, 0.15) is 11.1 Å². The first-order chi connectivity index (χ1) is 11.2. The van der Waals surface area contributed by atoms with E-state index in [1.165, 1.54) is 11.1 Å². The normalized spacial score (nSPS) is 15.1. The average molecular weight is 349 g/mol. The van der Waals surface area contributed by atoms with Crippen molar-refractivity contribution in [2.75, 3.05) is 26.8 Å². The van der Waals surface area contributed by atoms with Crippen molar-refractivity contribution in [3.63, 3.8) is 0 Å². The molecule has 5 heteroatoms. The molecule has 1 atom stereocenters. The number of aliphatic hydroxyl groups is 1. The van der Waals surface area contributed by atoms with E-state index < -0.39 is 6.10 Å². The van der Waals surface area contributed by atoms with Crippen molar-refractivity contribution in [1.29, 1.82) is 0 Å². The molecule has 2 aromatic carbocycles. The molecule has 24 heavy (non-hydrogen) atoms. The Hall–Kier alpha value is -1.75. The lowest BCUT2D eigenvalue weighted by molar-refractivity contribution is -0.00000746. The van der Waals surface area contributed by atoms with E-state index in [0.29, 0.717) is 13.2 Å². The van der Waals surface area contributed by atoms with Gasteiger partial charge in [0.05, 0.1) is 7.11 Å². The molecule has 0 radical (unpaired) electrons. The van der Waals surface area contributed by atoms with E-state index in [1.54, 1.807) is 7.11 Å². The maximum atomic E-state index is 10.2. The topological polar surface area (TPSA) is 41.9 Å². The van der Waals surface area contributed by atoms with Crippen LogP contribution in [0.2, 0.25) is 0 Å². The van der Waals surface area contributed by atoms with Crippen LogP contribution in [0, 0.1) is 0 Å². The van der Waals surface area contributed by atoms with Gasteiger partial charge in [0.25, 0.3) is 0 Å². The van der Waals surface area contributed by atoms with Crippen LogP contribution in [0.3, 0.4) is 0 Å². The maximum absolute atomic E-state index is 10.2. The Balaban J connectivity index is 0.00000208. The monoisotopic (exact) mass is 348 g/mol. The molecule has 1 aliphatic rings. The minimum absolute atomic E-state index is 0. The van der Waals surface area contributed by atoms with Crippen LogP contribution in [0.25, 0.3) is 0 Å². The molecule has 1 heterocycles. The van der Waals surface area contributed by atoms with Crippen molar-refractivity contribution in [2.24, 2.45) is 0 Å². The van der Waals surface area contributed by atoms with Crippen LogP contribution < -0.4 is 21.9 Å². The fourth-order valence-corrected chi connectivity index (χ4v) is 2.93. The molecule has 0 aromatic heterocycles. The fraction of sp³-hybridized carbons (Fsp3) is 0.368. The molecule has 0 bridgehead atoms. The van der Waals surface area contributed by atoms with Gasteiger partial charge in [-0.2, -0.15) is 0 Å². The largest absolute Gasteiger partial charge is 1.00 e. The van der Waals surface area contributed by atoms with Gasteiger partial charge in [0.15, 0.2) is 0 Å². The lowest BCUT2D eigenvalue weighted by atomic mass is 10.00. The SMILES string of the molecule is COc1ccc(OCC(O)CN2CCc3ccccc3C2)cc1.[Cl-]. The van der Waals surface area contributed by atoms with Gasteiger partial charge in [-0.3, -0.25) is 4.90 Å². The van der Waals surface area contributed by atoms with Gasteiger partial charge >= 0.3 is 0 Å². The molecule has 0 saturated heterocycles. The third-order valence-corrected chi connectivity index (χ3v) is 4.18. The summed E-state index contributed by atoms with van der Waals surface area (Å²) in [4.78, 5) is 2.28. The third-order valence-electron chi connectivity index (χ3n) is 4.18. The Bertz CT molecular complexity index is 633. The van der Waals surface area contributed by atoms with Crippen molar-refractivity contribution in [2.45, 2.75) is 19.1 Å². The molecule has 1 aliphatic heterocycles. The first-order valence-electron chi connectivity index (χ1n) is 7.98. The van der Waals surface area contributed by atoms with Gasteiger partial charge in [0.2, 0.25) is 0 Å². The van der Waals surface area contributed by atoms with Gasteiger partial charge in [-0.25, -0.2) is 0 Å². The highest BCUT2D eigenvalue weighted by Gasteiger charge is 2.18. The Labute approximate surface area is 149 Å². The minimum atomic E-state index is -0.498. The molecule has 0 saturated carbocycles. The second-order valence-corrected chi connectivity index (χ2v) is 5.89. The van der Waals surface area contributed by atoms with Crippen molar-refractivity contribution in [1.82, 2.24) is 4.90 Å². The third kappa shape index (κ3) is 4.87. The number of aliphatic hydroxyl groups excluding tert-OH is 1. The van der Waals surface area contributed by atoms with Crippen LogP contribution >= 0.6 is 0 Å². The van der Waals surface area contributed by atoms with Gasteiger partial charge in [-0.1, -0.05) is 24.3 Å².